The van der Waals surface area contributed by atoms with Gasteiger partial charge in [0, 0.05) is 60.8 Å². The Labute approximate surface area is 206 Å². The lowest BCUT2D eigenvalue weighted by atomic mass is 10.1. The normalized spacial score (nSPS) is 16.0. The fourth-order valence-corrected chi connectivity index (χ4v) is 4.90. The Kier molecular flexibility index (Phi) is 8.14. The van der Waals surface area contributed by atoms with Gasteiger partial charge in [-0.2, -0.15) is 0 Å². The Hall–Kier alpha value is -2.54. The third kappa shape index (κ3) is 6.32. The number of likely N-dealkylation sites (tertiary alicyclic amines) is 1. The number of amides is 1. The topological polar surface area (TPSA) is 66.7 Å². The molecular formula is C27H34ClN3O3. The molecule has 1 amide bonds. The zero-order chi connectivity index (χ0) is 24.1. The average molecular weight is 484 g/mol. The molecule has 1 aliphatic heterocycles. The smallest absolute Gasteiger partial charge is 0.217 e. The summed E-state index contributed by atoms with van der Waals surface area (Å²) >= 11 is 6.28. The first-order chi connectivity index (χ1) is 16.4. The quantitative estimate of drug-likeness (QED) is 0.432. The molecule has 1 aliphatic rings. The van der Waals surface area contributed by atoms with E-state index in [1.165, 1.54) is 0 Å². The number of hydrogen-bond acceptors (Lipinski definition) is 4. The Morgan fingerprint density at radius 2 is 2.00 bits per heavy atom. The van der Waals surface area contributed by atoms with Crippen molar-refractivity contribution in [3.05, 3.63) is 53.6 Å². The predicted octanol–water partition coefficient (Wildman–Crippen LogP) is 4.71. The molecule has 0 aliphatic carbocycles. The van der Waals surface area contributed by atoms with Gasteiger partial charge in [0.25, 0.3) is 0 Å². The highest BCUT2D eigenvalue weighted by molar-refractivity contribution is 6.30. The highest BCUT2D eigenvalue weighted by atomic mass is 35.5. The third-order valence-electron chi connectivity index (χ3n) is 6.34. The highest BCUT2D eigenvalue weighted by Gasteiger charge is 2.17. The molecule has 4 rings (SSSR count). The summed E-state index contributed by atoms with van der Waals surface area (Å²) in [5, 5.41) is 14.4. The van der Waals surface area contributed by atoms with Gasteiger partial charge >= 0.3 is 0 Å². The van der Waals surface area contributed by atoms with Gasteiger partial charge < -0.3 is 24.6 Å². The van der Waals surface area contributed by atoms with Crippen LogP contribution in [0.15, 0.2) is 48.5 Å². The van der Waals surface area contributed by atoms with Gasteiger partial charge in [0.1, 0.15) is 5.75 Å². The van der Waals surface area contributed by atoms with E-state index in [1.54, 1.807) is 6.92 Å². The SMILES string of the molecule is CC(=O)NC(C)Cn1c(-c2cccc(Cl)c2)cc2cc(OCCCN3CCC(O)CC3)ccc21. The number of halogens is 1. The lowest BCUT2D eigenvalue weighted by molar-refractivity contribution is -0.119. The van der Waals surface area contributed by atoms with Crippen LogP contribution in [0.25, 0.3) is 22.2 Å². The maximum atomic E-state index is 11.6. The fourth-order valence-electron chi connectivity index (χ4n) is 4.71. The van der Waals surface area contributed by atoms with Gasteiger partial charge in [-0.1, -0.05) is 23.7 Å². The molecule has 1 unspecified atom stereocenters. The van der Waals surface area contributed by atoms with Crippen LogP contribution in [0.4, 0.5) is 0 Å². The van der Waals surface area contributed by atoms with E-state index in [2.05, 4.69) is 39.0 Å². The van der Waals surface area contributed by atoms with E-state index in [0.29, 0.717) is 18.2 Å². The van der Waals surface area contributed by atoms with E-state index in [4.69, 9.17) is 16.3 Å². The molecule has 1 aromatic heterocycles. The van der Waals surface area contributed by atoms with Crippen LogP contribution in [0.5, 0.6) is 5.75 Å². The van der Waals surface area contributed by atoms with Crippen LogP contribution >= 0.6 is 11.6 Å². The summed E-state index contributed by atoms with van der Waals surface area (Å²) in [5.41, 5.74) is 3.18. The van der Waals surface area contributed by atoms with Gasteiger partial charge in [-0.15, -0.1) is 0 Å². The molecule has 2 heterocycles. The summed E-state index contributed by atoms with van der Waals surface area (Å²) in [6.45, 7) is 7.77. The molecule has 0 bridgehead atoms. The molecule has 0 spiro atoms. The van der Waals surface area contributed by atoms with Crippen LogP contribution in [0.3, 0.4) is 0 Å². The molecule has 182 valence electrons. The van der Waals surface area contributed by atoms with Gasteiger partial charge in [0.2, 0.25) is 5.91 Å². The molecule has 2 aromatic carbocycles. The lowest BCUT2D eigenvalue weighted by Gasteiger charge is -2.29. The Morgan fingerprint density at radius 1 is 1.21 bits per heavy atom. The Bertz CT molecular complexity index is 1120. The number of aliphatic hydroxyl groups excluding tert-OH is 1. The van der Waals surface area contributed by atoms with Crippen molar-refractivity contribution in [2.24, 2.45) is 0 Å². The van der Waals surface area contributed by atoms with E-state index in [0.717, 1.165) is 66.8 Å². The van der Waals surface area contributed by atoms with Crippen molar-refractivity contribution in [3.63, 3.8) is 0 Å². The number of hydrogen-bond donors (Lipinski definition) is 2. The van der Waals surface area contributed by atoms with Crippen LogP contribution < -0.4 is 10.1 Å². The van der Waals surface area contributed by atoms with Gasteiger partial charge in [0.15, 0.2) is 0 Å². The number of benzene rings is 2. The van der Waals surface area contributed by atoms with Crippen molar-refractivity contribution >= 4 is 28.4 Å². The highest BCUT2D eigenvalue weighted by Crippen LogP contribution is 2.32. The summed E-state index contributed by atoms with van der Waals surface area (Å²) in [5.74, 6) is 0.816. The summed E-state index contributed by atoms with van der Waals surface area (Å²) in [7, 11) is 0. The van der Waals surface area contributed by atoms with Crippen LogP contribution in [-0.2, 0) is 11.3 Å². The summed E-state index contributed by atoms with van der Waals surface area (Å²) in [6.07, 6.45) is 2.55. The monoisotopic (exact) mass is 483 g/mol. The number of nitrogens with zero attached hydrogens (tertiary/aromatic N) is 2. The van der Waals surface area contributed by atoms with Gasteiger partial charge in [-0.25, -0.2) is 0 Å². The first kappa shape index (κ1) is 24.6. The minimum absolute atomic E-state index is 0.0159. The second-order valence-electron chi connectivity index (χ2n) is 9.25. The molecule has 0 radical (unpaired) electrons. The van der Waals surface area contributed by atoms with Crippen molar-refractivity contribution in [1.29, 1.82) is 0 Å². The predicted molar refractivity (Wildman–Crippen MR) is 137 cm³/mol. The molecule has 3 aromatic rings. The molecule has 1 fully saturated rings. The van der Waals surface area contributed by atoms with E-state index in [-0.39, 0.29) is 18.1 Å². The fraction of sp³-hybridized carbons (Fsp3) is 0.444. The number of nitrogens with one attached hydrogen (secondary N) is 1. The minimum Gasteiger partial charge on any atom is -0.494 e. The maximum absolute atomic E-state index is 11.6. The van der Waals surface area contributed by atoms with Crippen molar-refractivity contribution < 1.29 is 14.6 Å². The maximum Gasteiger partial charge on any atom is 0.217 e. The van der Waals surface area contributed by atoms with Gasteiger partial charge in [0.05, 0.1) is 12.7 Å². The average Bonchev–Trinajstić information content (AvgIpc) is 3.15. The number of aromatic nitrogens is 1. The number of ether oxygens (including phenoxy) is 1. The van der Waals surface area contributed by atoms with Gasteiger partial charge in [-0.3, -0.25) is 4.79 Å². The van der Waals surface area contributed by atoms with Crippen LogP contribution in [0, 0.1) is 0 Å². The Balaban J connectivity index is 1.49. The van der Waals surface area contributed by atoms with E-state index in [1.807, 2.05) is 31.2 Å². The summed E-state index contributed by atoms with van der Waals surface area (Å²) in [4.78, 5) is 14.0. The van der Waals surface area contributed by atoms with Crippen LogP contribution in [0.1, 0.15) is 33.1 Å². The first-order valence-corrected chi connectivity index (χ1v) is 12.5. The molecule has 34 heavy (non-hydrogen) atoms. The number of carbonyl (C=O) groups is 1. The number of rotatable bonds is 9. The van der Waals surface area contributed by atoms with Crippen molar-refractivity contribution in [1.82, 2.24) is 14.8 Å². The molecule has 6 nitrogen and oxygen atoms in total. The van der Waals surface area contributed by atoms with Crippen molar-refractivity contribution in [2.75, 3.05) is 26.2 Å². The molecule has 2 N–H and O–H groups in total. The van der Waals surface area contributed by atoms with E-state index < -0.39 is 0 Å². The second kappa shape index (κ2) is 11.3. The Morgan fingerprint density at radius 3 is 2.74 bits per heavy atom. The molecule has 7 heteroatoms. The largest absolute Gasteiger partial charge is 0.494 e. The number of carbonyl (C=O) groups excluding carboxylic acids is 1. The van der Waals surface area contributed by atoms with Crippen LogP contribution in [-0.4, -0.2) is 58.9 Å². The second-order valence-corrected chi connectivity index (χ2v) is 9.68. The number of fused-ring (bicyclic) bond motifs is 1. The zero-order valence-corrected chi connectivity index (χ0v) is 20.7. The van der Waals surface area contributed by atoms with E-state index >= 15 is 0 Å². The minimum atomic E-state index is -0.135. The zero-order valence-electron chi connectivity index (χ0n) is 20.0. The molecular weight excluding hydrogens is 450 g/mol. The van der Waals surface area contributed by atoms with Crippen molar-refractivity contribution in [2.45, 2.75) is 51.8 Å². The third-order valence-corrected chi connectivity index (χ3v) is 6.58. The number of aliphatic hydroxyl groups is 1. The van der Waals surface area contributed by atoms with Crippen LogP contribution in [0.2, 0.25) is 5.02 Å². The van der Waals surface area contributed by atoms with Gasteiger partial charge in [-0.05, 0) is 68.1 Å². The molecule has 0 saturated carbocycles. The standard InChI is InChI=1S/C27H34ClN3O3/c1-19(29-20(2)32)18-31-26-8-7-25(34-14-4-11-30-12-9-24(33)10-13-30)16-22(26)17-27(31)21-5-3-6-23(28)15-21/h3,5-8,15-17,19,24,33H,4,9-14,18H2,1-2H3,(H,29,32). The summed E-state index contributed by atoms with van der Waals surface area (Å²) in [6, 6.07) is 16.2. The number of piperidine rings is 1. The summed E-state index contributed by atoms with van der Waals surface area (Å²) < 4.78 is 8.30. The molecule has 1 atom stereocenters. The van der Waals surface area contributed by atoms with Crippen molar-refractivity contribution in [3.8, 4) is 17.0 Å². The van der Waals surface area contributed by atoms with E-state index in [9.17, 15) is 9.90 Å². The lowest BCUT2D eigenvalue weighted by Crippen LogP contribution is -2.36. The molecule has 1 saturated heterocycles. The first-order valence-electron chi connectivity index (χ1n) is 12.1.